The molecule has 0 aliphatic carbocycles. The first kappa shape index (κ1) is 14.5. The molecule has 4 heterocycles. The molecule has 0 bridgehead atoms. The van der Waals surface area contributed by atoms with E-state index in [-0.39, 0.29) is 6.04 Å². The van der Waals surface area contributed by atoms with Crippen molar-refractivity contribution < 1.29 is 4.42 Å². The Kier molecular flexibility index (Phi) is 3.93. The molecule has 1 atom stereocenters. The van der Waals surface area contributed by atoms with Crippen LogP contribution in [0.4, 0.5) is 0 Å². The van der Waals surface area contributed by atoms with E-state index in [0.717, 1.165) is 36.7 Å². The molecule has 0 spiro atoms. The largest absolute Gasteiger partial charge is 0.418 e. The third kappa shape index (κ3) is 3.04. The first-order valence-electron chi connectivity index (χ1n) is 7.83. The SMILES string of the molecule is Cc1ccc(-c2nnc([C@H]3CCCN3Cc3cccnc3)o2)s1. The maximum absolute atomic E-state index is 5.97. The van der Waals surface area contributed by atoms with Crippen LogP contribution in [0.2, 0.25) is 0 Å². The van der Waals surface area contributed by atoms with E-state index in [0.29, 0.717) is 5.89 Å². The van der Waals surface area contributed by atoms with Crippen molar-refractivity contribution in [3.63, 3.8) is 0 Å². The van der Waals surface area contributed by atoms with Gasteiger partial charge in [0.2, 0.25) is 5.89 Å². The number of likely N-dealkylation sites (tertiary alicyclic amines) is 1. The molecule has 23 heavy (non-hydrogen) atoms. The molecular formula is C17H18N4OS. The number of aromatic nitrogens is 3. The topological polar surface area (TPSA) is 55.1 Å². The summed E-state index contributed by atoms with van der Waals surface area (Å²) in [4.78, 5) is 8.88. The van der Waals surface area contributed by atoms with E-state index in [1.165, 1.54) is 10.4 Å². The van der Waals surface area contributed by atoms with Gasteiger partial charge in [0.05, 0.1) is 10.9 Å². The van der Waals surface area contributed by atoms with Crippen LogP contribution >= 0.6 is 11.3 Å². The average Bonchev–Trinajstić information content (AvgIpc) is 3.28. The standard InChI is InChI=1S/C17H18N4OS/c1-12-6-7-15(23-12)17-20-19-16(22-17)14-5-3-9-21(14)11-13-4-2-8-18-10-13/h2,4,6-8,10,14H,3,5,9,11H2,1H3/t14-/m1/s1. The maximum atomic E-state index is 5.97. The Morgan fingerprint density at radius 1 is 1.30 bits per heavy atom. The molecular weight excluding hydrogens is 308 g/mol. The lowest BCUT2D eigenvalue weighted by atomic mass is 10.2. The van der Waals surface area contributed by atoms with Crippen molar-refractivity contribution >= 4 is 11.3 Å². The van der Waals surface area contributed by atoms with E-state index in [1.807, 2.05) is 18.3 Å². The Hall–Kier alpha value is -2.05. The van der Waals surface area contributed by atoms with Gasteiger partial charge in [0.1, 0.15) is 0 Å². The van der Waals surface area contributed by atoms with Crippen molar-refractivity contribution in [1.82, 2.24) is 20.1 Å². The summed E-state index contributed by atoms with van der Waals surface area (Å²) in [5.74, 6) is 1.36. The minimum absolute atomic E-state index is 0.206. The predicted molar refractivity (Wildman–Crippen MR) is 89.0 cm³/mol. The number of rotatable bonds is 4. The molecule has 3 aromatic rings. The molecule has 0 aromatic carbocycles. The van der Waals surface area contributed by atoms with Gasteiger partial charge in [-0.1, -0.05) is 6.07 Å². The van der Waals surface area contributed by atoms with Crippen LogP contribution in [0.3, 0.4) is 0 Å². The Balaban J connectivity index is 1.54. The summed E-state index contributed by atoms with van der Waals surface area (Å²) < 4.78 is 5.97. The molecule has 0 radical (unpaired) electrons. The van der Waals surface area contributed by atoms with Crippen LogP contribution in [0.1, 0.15) is 35.2 Å². The quantitative estimate of drug-likeness (QED) is 0.729. The molecule has 1 saturated heterocycles. The van der Waals surface area contributed by atoms with E-state index in [4.69, 9.17) is 4.42 Å². The smallest absolute Gasteiger partial charge is 0.257 e. The molecule has 0 amide bonds. The molecule has 118 valence electrons. The summed E-state index contributed by atoms with van der Waals surface area (Å²) in [5, 5.41) is 8.55. The minimum atomic E-state index is 0.206. The van der Waals surface area contributed by atoms with Crippen LogP contribution in [0.5, 0.6) is 0 Å². The summed E-state index contributed by atoms with van der Waals surface area (Å²) >= 11 is 1.68. The van der Waals surface area contributed by atoms with Gasteiger partial charge in [-0.05, 0) is 50.1 Å². The van der Waals surface area contributed by atoms with Gasteiger partial charge in [-0.2, -0.15) is 0 Å². The molecule has 1 aliphatic heterocycles. The number of nitrogens with zero attached hydrogens (tertiary/aromatic N) is 4. The lowest BCUT2D eigenvalue weighted by molar-refractivity contribution is 0.215. The van der Waals surface area contributed by atoms with E-state index in [2.05, 4.69) is 39.1 Å². The van der Waals surface area contributed by atoms with Gasteiger partial charge in [0, 0.05) is 23.8 Å². The molecule has 6 heteroatoms. The van der Waals surface area contributed by atoms with Crippen molar-refractivity contribution in [3.8, 4) is 10.8 Å². The minimum Gasteiger partial charge on any atom is -0.418 e. The zero-order valence-corrected chi connectivity index (χ0v) is 13.8. The molecule has 1 fully saturated rings. The second-order valence-electron chi connectivity index (χ2n) is 5.85. The van der Waals surface area contributed by atoms with E-state index in [9.17, 15) is 0 Å². The second kappa shape index (κ2) is 6.22. The first-order chi connectivity index (χ1) is 11.3. The summed E-state index contributed by atoms with van der Waals surface area (Å²) in [6.07, 6.45) is 5.94. The Morgan fingerprint density at radius 2 is 2.26 bits per heavy atom. The fourth-order valence-corrected chi connectivity index (χ4v) is 3.83. The van der Waals surface area contributed by atoms with Crippen LogP contribution in [0.25, 0.3) is 10.8 Å². The molecule has 0 saturated carbocycles. The van der Waals surface area contributed by atoms with Crippen LogP contribution in [-0.2, 0) is 6.54 Å². The second-order valence-corrected chi connectivity index (χ2v) is 7.13. The van der Waals surface area contributed by atoms with Crippen molar-refractivity contribution in [1.29, 1.82) is 0 Å². The van der Waals surface area contributed by atoms with Gasteiger partial charge in [-0.3, -0.25) is 9.88 Å². The fourth-order valence-electron chi connectivity index (χ4n) is 3.04. The van der Waals surface area contributed by atoms with Crippen LogP contribution in [0, 0.1) is 6.92 Å². The summed E-state index contributed by atoms with van der Waals surface area (Å²) in [7, 11) is 0. The highest BCUT2D eigenvalue weighted by atomic mass is 32.1. The predicted octanol–water partition coefficient (Wildman–Crippen LogP) is 3.84. The van der Waals surface area contributed by atoms with Crippen LogP contribution in [0.15, 0.2) is 41.1 Å². The third-order valence-electron chi connectivity index (χ3n) is 4.15. The summed E-state index contributed by atoms with van der Waals surface area (Å²) in [6.45, 7) is 4.00. The maximum Gasteiger partial charge on any atom is 0.257 e. The zero-order chi connectivity index (χ0) is 15.6. The van der Waals surface area contributed by atoms with Crippen molar-refractivity contribution in [2.45, 2.75) is 32.4 Å². The van der Waals surface area contributed by atoms with Gasteiger partial charge in [0.25, 0.3) is 5.89 Å². The Bertz CT molecular complexity index is 783. The van der Waals surface area contributed by atoms with Crippen LogP contribution in [-0.4, -0.2) is 26.6 Å². The van der Waals surface area contributed by atoms with E-state index < -0.39 is 0 Å². The highest BCUT2D eigenvalue weighted by Gasteiger charge is 2.30. The molecule has 4 rings (SSSR count). The molecule has 5 nitrogen and oxygen atoms in total. The summed E-state index contributed by atoms with van der Waals surface area (Å²) in [5.41, 5.74) is 1.22. The molecule has 1 aliphatic rings. The number of hydrogen-bond acceptors (Lipinski definition) is 6. The van der Waals surface area contributed by atoms with Gasteiger partial charge in [-0.15, -0.1) is 21.5 Å². The third-order valence-corrected chi connectivity index (χ3v) is 5.14. The molecule has 0 N–H and O–H groups in total. The average molecular weight is 326 g/mol. The first-order valence-corrected chi connectivity index (χ1v) is 8.64. The van der Waals surface area contributed by atoms with Gasteiger partial charge in [-0.25, -0.2) is 0 Å². The summed E-state index contributed by atoms with van der Waals surface area (Å²) in [6, 6.07) is 8.41. The number of thiophene rings is 1. The molecule has 3 aromatic heterocycles. The zero-order valence-electron chi connectivity index (χ0n) is 13.0. The van der Waals surface area contributed by atoms with Crippen molar-refractivity contribution in [2.24, 2.45) is 0 Å². The number of pyridine rings is 1. The van der Waals surface area contributed by atoms with Gasteiger partial charge >= 0.3 is 0 Å². The lowest BCUT2D eigenvalue weighted by Gasteiger charge is -2.21. The van der Waals surface area contributed by atoms with Gasteiger partial charge in [0.15, 0.2) is 0 Å². The highest BCUT2D eigenvalue weighted by molar-refractivity contribution is 7.15. The molecule has 0 unspecified atom stereocenters. The monoisotopic (exact) mass is 326 g/mol. The normalized spacial score (nSPS) is 18.6. The van der Waals surface area contributed by atoms with E-state index in [1.54, 1.807) is 17.5 Å². The lowest BCUT2D eigenvalue weighted by Crippen LogP contribution is -2.23. The Morgan fingerprint density at radius 3 is 3.04 bits per heavy atom. The van der Waals surface area contributed by atoms with Crippen LogP contribution < -0.4 is 0 Å². The fraction of sp³-hybridized carbons (Fsp3) is 0.353. The van der Waals surface area contributed by atoms with Crippen molar-refractivity contribution in [3.05, 3.63) is 53.0 Å². The Labute approximate surface area is 139 Å². The van der Waals surface area contributed by atoms with Crippen molar-refractivity contribution in [2.75, 3.05) is 6.54 Å². The van der Waals surface area contributed by atoms with Gasteiger partial charge < -0.3 is 4.42 Å². The number of hydrogen-bond donors (Lipinski definition) is 0. The van der Waals surface area contributed by atoms with E-state index >= 15 is 0 Å². The highest BCUT2D eigenvalue weighted by Crippen LogP contribution is 2.34. The number of aryl methyl sites for hydroxylation is 1.